The average molecular weight is 432 g/mol. The van der Waals surface area contributed by atoms with E-state index in [0.29, 0.717) is 11.4 Å². The van der Waals surface area contributed by atoms with Gasteiger partial charge in [0.25, 0.3) is 0 Å². The Kier molecular flexibility index (Phi) is 3.80. The Balaban J connectivity index is 1.88. The number of para-hydroxylation sites is 1. The molecule has 7 nitrogen and oxygen atoms in total. The Hall–Kier alpha value is -2.43. The van der Waals surface area contributed by atoms with E-state index >= 15 is 0 Å². The molecule has 0 amide bonds. The molecule has 0 radical (unpaired) electrons. The highest BCUT2D eigenvalue weighted by molar-refractivity contribution is 8.17. The SMILES string of the molecule is CN(c1cnn(C)c1)S1=C2N=Cc3scc(c31)N(S(C)(=O)=O)c1ccccc12. The number of aliphatic imine (C=N–C) groups is 1. The van der Waals surface area contributed by atoms with Crippen molar-refractivity contribution in [2.45, 2.75) is 4.90 Å². The van der Waals surface area contributed by atoms with E-state index in [9.17, 15) is 8.42 Å². The van der Waals surface area contributed by atoms with Gasteiger partial charge in [0.05, 0.1) is 39.3 Å². The minimum atomic E-state index is -3.53. The third-order valence-corrected chi connectivity index (χ3v) is 9.02. The quantitative estimate of drug-likeness (QED) is 0.597. The molecular formula is C18H17N5O2S3. The second-order valence-corrected chi connectivity index (χ2v) is 11.2. The summed E-state index contributed by atoms with van der Waals surface area (Å²) in [7, 11) is -0.215. The van der Waals surface area contributed by atoms with Crippen LogP contribution in [0.3, 0.4) is 0 Å². The fraction of sp³-hybridized carbons (Fsp3) is 0.167. The van der Waals surface area contributed by atoms with Crippen molar-refractivity contribution in [3.05, 3.63) is 52.5 Å². The van der Waals surface area contributed by atoms with Crippen molar-refractivity contribution in [2.24, 2.45) is 12.0 Å². The topological polar surface area (TPSA) is 70.8 Å². The summed E-state index contributed by atoms with van der Waals surface area (Å²) >= 11 is 1.52. The van der Waals surface area contributed by atoms with Crippen LogP contribution in [-0.2, 0) is 17.1 Å². The van der Waals surface area contributed by atoms with Gasteiger partial charge in [-0.3, -0.25) is 4.68 Å². The molecule has 144 valence electrons. The predicted octanol–water partition coefficient (Wildman–Crippen LogP) is 3.18. The average Bonchev–Trinajstić information content (AvgIpc) is 3.25. The molecule has 0 aliphatic carbocycles. The number of rotatable bonds is 3. The largest absolute Gasteiger partial charge is 0.316 e. The van der Waals surface area contributed by atoms with Gasteiger partial charge in [-0.15, -0.1) is 11.3 Å². The number of aryl methyl sites for hydroxylation is 1. The summed E-state index contributed by atoms with van der Waals surface area (Å²) in [4.78, 5) is 7.62. The monoisotopic (exact) mass is 431 g/mol. The number of thiophene rings is 1. The van der Waals surface area contributed by atoms with Gasteiger partial charge >= 0.3 is 0 Å². The van der Waals surface area contributed by atoms with Crippen LogP contribution in [0.25, 0.3) is 0 Å². The van der Waals surface area contributed by atoms with E-state index in [1.807, 2.05) is 62.3 Å². The molecule has 0 fully saturated rings. The Morgan fingerprint density at radius 3 is 2.71 bits per heavy atom. The van der Waals surface area contributed by atoms with Crippen molar-refractivity contribution >= 4 is 60.3 Å². The van der Waals surface area contributed by atoms with Gasteiger partial charge in [-0.05, 0) is 16.7 Å². The molecule has 4 heterocycles. The third kappa shape index (κ3) is 2.48. The van der Waals surface area contributed by atoms with E-state index in [1.165, 1.54) is 21.9 Å². The van der Waals surface area contributed by atoms with Crippen LogP contribution in [0.4, 0.5) is 17.1 Å². The standard InChI is InChI=1S/C18H17N5O2S3/c1-21-10-12(8-20-21)22(2)27-17-15-11-26-16(17)9-19-18(27)13-6-4-5-7-14(13)23(15)28(3,24)25/h4-11H,1-3H3. The molecule has 0 saturated heterocycles. The molecule has 2 aromatic heterocycles. The van der Waals surface area contributed by atoms with Crippen LogP contribution < -0.4 is 8.61 Å². The van der Waals surface area contributed by atoms with E-state index in [0.717, 1.165) is 26.0 Å². The van der Waals surface area contributed by atoms with Gasteiger partial charge in [0.1, 0.15) is 4.99 Å². The second-order valence-electron chi connectivity index (χ2n) is 6.58. The number of aromatic nitrogens is 2. The van der Waals surface area contributed by atoms with Gasteiger partial charge in [-0.1, -0.05) is 18.2 Å². The molecule has 1 atom stereocenters. The summed E-state index contributed by atoms with van der Waals surface area (Å²) in [5, 5.41) is 6.21. The minimum absolute atomic E-state index is 0.572. The molecule has 2 aliphatic rings. The first-order chi connectivity index (χ1) is 13.4. The number of fused-ring (bicyclic) bond motifs is 2. The molecule has 3 aromatic rings. The lowest BCUT2D eigenvalue weighted by Gasteiger charge is -2.26. The Morgan fingerprint density at radius 2 is 2.00 bits per heavy atom. The number of hydrogen-bond donors (Lipinski definition) is 0. The lowest BCUT2D eigenvalue weighted by molar-refractivity contribution is 0.602. The van der Waals surface area contributed by atoms with Crippen molar-refractivity contribution in [3.63, 3.8) is 0 Å². The van der Waals surface area contributed by atoms with Gasteiger partial charge in [-0.2, -0.15) is 5.10 Å². The summed E-state index contributed by atoms with van der Waals surface area (Å²) in [6, 6.07) is 7.56. The van der Waals surface area contributed by atoms with Gasteiger partial charge in [0.2, 0.25) is 10.0 Å². The summed E-state index contributed by atoms with van der Waals surface area (Å²) in [6.07, 6.45) is 6.86. The molecule has 28 heavy (non-hydrogen) atoms. The number of nitrogens with zero attached hydrogens (tertiary/aromatic N) is 5. The highest BCUT2D eigenvalue weighted by Crippen LogP contribution is 2.53. The molecule has 2 aliphatic heterocycles. The number of sulfonamides is 1. The second kappa shape index (κ2) is 6.03. The van der Waals surface area contributed by atoms with Crippen LogP contribution >= 0.6 is 22.0 Å². The fourth-order valence-corrected chi connectivity index (χ4v) is 8.02. The van der Waals surface area contributed by atoms with Crippen molar-refractivity contribution < 1.29 is 8.42 Å². The van der Waals surface area contributed by atoms with Gasteiger partial charge in [-0.25, -0.2) is 17.7 Å². The maximum absolute atomic E-state index is 12.8. The van der Waals surface area contributed by atoms with Crippen molar-refractivity contribution in [3.8, 4) is 0 Å². The zero-order valence-electron chi connectivity index (χ0n) is 15.4. The molecule has 1 unspecified atom stereocenters. The molecule has 5 rings (SSSR count). The van der Waals surface area contributed by atoms with Crippen molar-refractivity contribution in [2.75, 3.05) is 21.9 Å². The smallest absolute Gasteiger partial charge is 0.236 e. The fourth-order valence-electron chi connectivity index (χ4n) is 3.48. The van der Waals surface area contributed by atoms with Crippen LogP contribution in [0, 0.1) is 0 Å². The maximum atomic E-state index is 12.8. The molecule has 2 bridgehead atoms. The summed E-state index contributed by atoms with van der Waals surface area (Å²) in [5.41, 5.74) is 3.12. The van der Waals surface area contributed by atoms with E-state index in [4.69, 9.17) is 4.99 Å². The Labute approximate surface area is 169 Å². The van der Waals surface area contributed by atoms with Crippen molar-refractivity contribution in [1.29, 1.82) is 0 Å². The van der Waals surface area contributed by atoms with Crippen LogP contribution in [0.5, 0.6) is 0 Å². The van der Waals surface area contributed by atoms with Gasteiger partial charge < -0.3 is 4.31 Å². The molecule has 10 heteroatoms. The summed E-state index contributed by atoms with van der Waals surface area (Å²) in [5.74, 6) is 0. The van der Waals surface area contributed by atoms with E-state index in [2.05, 4.69) is 9.40 Å². The zero-order chi connectivity index (χ0) is 19.6. The minimum Gasteiger partial charge on any atom is -0.316 e. The number of benzene rings is 1. The summed E-state index contributed by atoms with van der Waals surface area (Å²) in [6.45, 7) is 0. The molecule has 1 aromatic carbocycles. The lowest BCUT2D eigenvalue weighted by atomic mass is 10.2. The maximum Gasteiger partial charge on any atom is 0.236 e. The van der Waals surface area contributed by atoms with Gasteiger partial charge in [0, 0.05) is 37.5 Å². The van der Waals surface area contributed by atoms with E-state index in [-0.39, 0.29) is 0 Å². The van der Waals surface area contributed by atoms with Crippen molar-refractivity contribution in [1.82, 2.24) is 9.78 Å². The first-order valence-electron chi connectivity index (χ1n) is 8.45. The van der Waals surface area contributed by atoms with Crippen LogP contribution in [0.2, 0.25) is 0 Å². The van der Waals surface area contributed by atoms with Gasteiger partial charge in [0.15, 0.2) is 0 Å². The lowest BCUT2D eigenvalue weighted by Crippen LogP contribution is -2.25. The first-order valence-corrected chi connectivity index (χ1v) is 12.4. The highest BCUT2D eigenvalue weighted by atomic mass is 32.2. The molecular weight excluding hydrogens is 414 g/mol. The molecule has 0 N–H and O–H groups in total. The van der Waals surface area contributed by atoms with Crippen LogP contribution in [0.15, 0.2) is 51.9 Å². The number of hydrogen-bond acceptors (Lipinski definition) is 6. The molecule has 0 saturated carbocycles. The Bertz CT molecular complexity index is 1290. The molecule has 0 spiro atoms. The first kappa shape index (κ1) is 17.7. The zero-order valence-corrected chi connectivity index (χ0v) is 17.8. The van der Waals surface area contributed by atoms with Crippen LogP contribution in [-0.4, -0.2) is 42.7 Å². The normalized spacial score (nSPS) is 17.5. The van der Waals surface area contributed by atoms with Crippen LogP contribution in [0.1, 0.15) is 10.4 Å². The third-order valence-electron chi connectivity index (χ3n) is 4.66. The number of anilines is 3. The van der Waals surface area contributed by atoms with E-state index < -0.39 is 20.7 Å². The predicted molar refractivity (Wildman–Crippen MR) is 117 cm³/mol. The van der Waals surface area contributed by atoms with E-state index in [1.54, 1.807) is 4.68 Å². The summed E-state index contributed by atoms with van der Waals surface area (Å²) < 4.78 is 31.0. The highest BCUT2D eigenvalue weighted by Gasteiger charge is 2.36. The Morgan fingerprint density at radius 1 is 1.21 bits per heavy atom.